The summed E-state index contributed by atoms with van der Waals surface area (Å²) in [5, 5.41) is 19.4. The summed E-state index contributed by atoms with van der Waals surface area (Å²) in [4.78, 5) is 0. The van der Waals surface area contributed by atoms with E-state index in [2.05, 4.69) is 6.92 Å². The van der Waals surface area contributed by atoms with Crippen molar-refractivity contribution in [3.63, 3.8) is 0 Å². The zero-order valence-corrected chi connectivity index (χ0v) is 8.85. The van der Waals surface area contributed by atoms with Gasteiger partial charge in [-0.15, -0.1) is 0 Å². The van der Waals surface area contributed by atoms with Gasteiger partial charge in [-0.1, -0.05) is 36.4 Å². The van der Waals surface area contributed by atoms with Crippen LogP contribution >= 0.6 is 0 Å². The highest BCUT2D eigenvalue weighted by Gasteiger charge is 2.06. The van der Waals surface area contributed by atoms with Gasteiger partial charge in [0, 0.05) is 6.42 Å². The first kappa shape index (κ1) is 10.6. The van der Waals surface area contributed by atoms with Gasteiger partial charge in [0.2, 0.25) is 0 Å². The van der Waals surface area contributed by atoms with E-state index in [9.17, 15) is 10.2 Å². The molecule has 81 valence electrons. The highest BCUT2D eigenvalue weighted by molar-refractivity contribution is 5.46. The molecule has 0 fully saturated rings. The van der Waals surface area contributed by atoms with Gasteiger partial charge in [0.1, 0.15) is 11.5 Å². The van der Waals surface area contributed by atoms with Crippen LogP contribution in [-0.4, -0.2) is 10.2 Å². The fourth-order valence-electron chi connectivity index (χ4n) is 1.65. The Bertz CT molecular complexity index is 504. The minimum atomic E-state index is 0.200. The summed E-state index contributed by atoms with van der Waals surface area (Å²) in [5.74, 6) is 0.446. The van der Waals surface area contributed by atoms with Gasteiger partial charge in [0.25, 0.3) is 0 Å². The molecule has 0 bridgehead atoms. The number of hydrogen-bond donors (Lipinski definition) is 2. The van der Waals surface area contributed by atoms with Crippen molar-refractivity contribution in [1.82, 2.24) is 0 Å². The first-order valence-electron chi connectivity index (χ1n) is 5.08. The molecule has 2 aromatic carbocycles. The Hall–Kier alpha value is -1.96. The summed E-state index contributed by atoms with van der Waals surface area (Å²) in [7, 11) is 0. The summed E-state index contributed by atoms with van der Waals surface area (Å²) >= 11 is 0. The van der Waals surface area contributed by atoms with E-state index < -0.39 is 0 Å². The summed E-state index contributed by atoms with van der Waals surface area (Å²) in [6.07, 6.45) is 0.502. The minimum absolute atomic E-state index is 0.200. The highest BCUT2D eigenvalue weighted by Crippen LogP contribution is 2.27. The van der Waals surface area contributed by atoms with Crippen molar-refractivity contribution in [2.75, 3.05) is 0 Å². The molecular weight excluding hydrogens is 200 g/mol. The van der Waals surface area contributed by atoms with Crippen LogP contribution in [0.25, 0.3) is 0 Å². The zero-order chi connectivity index (χ0) is 11.5. The second kappa shape index (κ2) is 4.27. The fourth-order valence-corrected chi connectivity index (χ4v) is 1.65. The first-order chi connectivity index (χ1) is 7.68. The van der Waals surface area contributed by atoms with Crippen LogP contribution in [0.5, 0.6) is 11.5 Å². The van der Waals surface area contributed by atoms with E-state index in [-0.39, 0.29) is 11.5 Å². The van der Waals surface area contributed by atoms with Gasteiger partial charge in [0.05, 0.1) is 0 Å². The lowest BCUT2D eigenvalue weighted by Crippen LogP contribution is -1.90. The van der Waals surface area contributed by atoms with Gasteiger partial charge in [-0.3, -0.25) is 0 Å². The molecule has 0 aliphatic carbocycles. The Morgan fingerprint density at radius 1 is 0.875 bits per heavy atom. The summed E-state index contributed by atoms with van der Waals surface area (Å²) < 4.78 is 0. The van der Waals surface area contributed by atoms with Crippen LogP contribution in [0.3, 0.4) is 0 Å². The van der Waals surface area contributed by atoms with Crippen LogP contribution in [0.1, 0.15) is 16.7 Å². The molecule has 0 aliphatic heterocycles. The van der Waals surface area contributed by atoms with E-state index in [0.29, 0.717) is 12.0 Å². The predicted octanol–water partition coefficient (Wildman–Crippen LogP) is 2.87. The lowest BCUT2D eigenvalue weighted by Gasteiger charge is -2.08. The molecule has 2 N–H and O–H groups in total. The Labute approximate surface area is 94.8 Å². The highest BCUT2D eigenvalue weighted by atomic mass is 16.3. The summed E-state index contributed by atoms with van der Waals surface area (Å²) in [6, 6.07) is 12.5. The third kappa shape index (κ3) is 2.01. The molecule has 0 atom stereocenters. The number of phenols is 2. The maximum atomic E-state index is 9.81. The normalized spacial score (nSPS) is 10.3. The molecule has 0 aliphatic rings. The van der Waals surface area contributed by atoms with Crippen molar-refractivity contribution < 1.29 is 10.2 Å². The third-order valence-corrected chi connectivity index (χ3v) is 2.58. The largest absolute Gasteiger partial charge is 0.508 e. The van der Waals surface area contributed by atoms with Crippen molar-refractivity contribution in [2.24, 2.45) is 0 Å². The fraction of sp³-hybridized carbons (Fsp3) is 0.0714. The van der Waals surface area contributed by atoms with E-state index in [1.165, 1.54) is 0 Å². The molecule has 0 unspecified atom stereocenters. The SMILES string of the molecule is [CH2]c1cccc(Cc2ccccc2O)c1O. The Morgan fingerprint density at radius 3 is 2.31 bits per heavy atom. The minimum Gasteiger partial charge on any atom is -0.508 e. The molecule has 2 rings (SSSR count). The number of benzene rings is 2. The van der Waals surface area contributed by atoms with Gasteiger partial charge in [0.15, 0.2) is 0 Å². The predicted molar refractivity (Wildman–Crippen MR) is 63.5 cm³/mol. The van der Waals surface area contributed by atoms with Crippen molar-refractivity contribution in [1.29, 1.82) is 0 Å². The van der Waals surface area contributed by atoms with Gasteiger partial charge < -0.3 is 10.2 Å². The molecule has 0 heterocycles. The zero-order valence-electron chi connectivity index (χ0n) is 8.85. The van der Waals surface area contributed by atoms with E-state index in [4.69, 9.17) is 0 Å². The van der Waals surface area contributed by atoms with E-state index in [1.807, 2.05) is 24.3 Å². The van der Waals surface area contributed by atoms with Crippen LogP contribution < -0.4 is 0 Å². The second-order valence-electron chi connectivity index (χ2n) is 3.73. The second-order valence-corrected chi connectivity index (χ2v) is 3.73. The molecule has 1 radical (unpaired) electrons. The lowest BCUT2D eigenvalue weighted by atomic mass is 10.0. The molecule has 0 aromatic heterocycles. The van der Waals surface area contributed by atoms with Gasteiger partial charge in [-0.2, -0.15) is 0 Å². The first-order valence-corrected chi connectivity index (χ1v) is 5.08. The summed E-state index contributed by atoms with van der Waals surface area (Å²) in [5.41, 5.74) is 2.17. The molecule has 2 nitrogen and oxygen atoms in total. The lowest BCUT2D eigenvalue weighted by molar-refractivity contribution is 0.461. The molecule has 2 aromatic rings. The Morgan fingerprint density at radius 2 is 1.56 bits per heavy atom. The van der Waals surface area contributed by atoms with Crippen LogP contribution in [0.2, 0.25) is 0 Å². The number of para-hydroxylation sites is 2. The molecule has 16 heavy (non-hydrogen) atoms. The van der Waals surface area contributed by atoms with E-state index in [1.54, 1.807) is 18.2 Å². The van der Waals surface area contributed by atoms with E-state index >= 15 is 0 Å². The van der Waals surface area contributed by atoms with Crippen LogP contribution in [-0.2, 0) is 6.42 Å². The number of phenolic OH excluding ortho intramolecular Hbond substituents is 2. The van der Waals surface area contributed by atoms with Crippen LogP contribution in [0, 0.1) is 6.92 Å². The summed E-state index contributed by atoms with van der Waals surface area (Å²) in [6.45, 7) is 3.73. The van der Waals surface area contributed by atoms with Gasteiger partial charge >= 0.3 is 0 Å². The quantitative estimate of drug-likeness (QED) is 0.805. The smallest absolute Gasteiger partial charge is 0.122 e. The average Bonchev–Trinajstić information content (AvgIpc) is 2.28. The number of aromatic hydroxyl groups is 2. The molecule has 0 spiro atoms. The van der Waals surface area contributed by atoms with Crippen molar-refractivity contribution in [3.05, 3.63) is 66.1 Å². The Kier molecular flexibility index (Phi) is 2.82. The van der Waals surface area contributed by atoms with Crippen molar-refractivity contribution in [3.8, 4) is 11.5 Å². The molecule has 0 saturated carbocycles. The van der Waals surface area contributed by atoms with Crippen molar-refractivity contribution >= 4 is 0 Å². The number of hydrogen-bond acceptors (Lipinski definition) is 2. The van der Waals surface area contributed by atoms with E-state index in [0.717, 1.165) is 11.1 Å². The molecule has 0 amide bonds. The Balaban J connectivity index is 2.35. The van der Waals surface area contributed by atoms with Crippen molar-refractivity contribution in [2.45, 2.75) is 6.42 Å². The standard InChI is InChI=1S/C14H13O2/c1-10-5-4-7-12(14(10)16)9-11-6-2-3-8-13(11)15/h2-8,15-16H,1,9H2. The molecular formula is C14H13O2. The van der Waals surface area contributed by atoms with Crippen LogP contribution in [0.4, 0.5) is 0 Å². The monoisotopic (exact) mass is 213 g/mol. The molecule has 0 saturated heterocycles. The molecule has 2 heteroatoms. The average molecular weight is 213 g/mol. The topological polar surface area (TPSA) is 40.5 Å². The number of rotatable bonds is 2. The third-order valence-electron chi connectivity index (χ3n) is 2.58. The maximum absolute atomic E-state index is 9.81. The van der Waals surface area contributed by atoms with Gasteiger partial charge in [-0.05, 0) is 29.7 Å². The van der Waals surface area contributed by atoms with Gasteiger partial charge in [-0.25, -0.2) is 0 Å². The maximum Gasteiger partial charge on any atom is 0.122 e. The van der Waals surface area contributed by atoms with Crippen LogP contribution in [0.15, 0.2) is 42.5 Å².